The molecular weight excluding hydrogens is 406 g/mol. The average molecular weight is 427 g/mol. The summed E-state index contributed by atoms with van der Waals surface area (Å²) in [5.41, 5.74) is 3.54. The maximum atomic E-state index is 12.6. The average Bonchev–Trinajstić information content (AvgIpc) is 3.44. The molecule has 0 aliphatic carbocycles. The molecule has 1 aliphatic rings. The van der Waals surface area contributed by atoms with Crippen molar-refractivity contribution in [3.05, 3.63) is 96.1 Å². The molecule has 9 heteroatoms. The summed E-state index contributed by atoms with van der Waals surface area (Å²) < 4.78 is 9.13. The Kier molecular flexibility index (Phi) is 5.20. The Balaban J connectivity index is 1.49. The van der Waals surface area contributed by atoms with Gasteiger partial charge in [0, 0.05) is 23.5 Å². The van der Waals surface area contributed by atoms with Crippen LogP contribution < -0.4 is 5.32 Å². The first-order valence-electron chi connectivity index (χ1n) is 10.2. The van der Waals surface area contributed by atoms with Crippen LogP contribution in [0.5, 0.6) is 0 Å². The summed E-state index contributed by atoms with van der Waals surface area (Å²) >= 11 is 0. The molecule has 160 valence electrons. The van der Waals surface area contributed by atoms with Crippen LogP contribution in [0, 0.1) is 6.92 Å². The van der Waals surface area contributed by atoms with E-state index in [9.17, 15) is 4.79 Å². The van der Waals surface area contributed by atoms with Gasteiger partial charge in [0.05, 0.1) is 24.3 Å². The number of aryl methyl sites for hydroxylation is 1. The number of benzene rings is 2. The maximum absolute atomic E-state index is 12.6. The molecule has 2 aromatic heterocycles. The highest BCUT2D eigenvalue weighted by Gasteiger charge is 2.29. The number of imidazole rings is 1. The van der Waals surface area contributed by atoms with E-state index in [4.69, 9.17) is 9.73 Å². The highest BCUT2D eigenvalue weighted by molar-refractivity contribution is 6.15. The first-order valence-corrected chi connectivity index (χ1v) is 10.2. The van der Waals surface area contributed by atoms with Gasteiger partial charge < -0.3 is 9.30 Å². The standard InChI is InChI=1S/C23H21N7O2/c1-16-27-28-22-21(26-23(31)32-14-13-29-12-11-24-15-29)25-20(17-7-3-2-4-8-17)18-9-5-6-10-19(18)30(16)22/h2-12,15,21H,13-14H2,1H3,(H,26,31). The number of alkyl carbamates (subject to hydrolysis) is 1. The number of fused-ring (bicyclic) bond motifs is 3. The van der Waals surface area contributed by atoms with Gasteiger partial charge in [0.15, 0.2) is 12.0 Å². The molecule has 4 aromatic rings. The lowest BCUT2D eigenvalue weighted by atomic mass is 10.0. The lowest BCUT2D eigenvalue weighted by Crippen LogP contribution is -2.30. The molecule has 1 N–H and O–H groups in total. The molecule has 9 nitrogen and oxygen atoms in total. The summed E-state index contributed by atoms with van der Waals surface area (Å²) in [4.78, 5) is 21.5. The minimum absolute atomic E-state index is 0.204. The third-order valence-corrected chi connectivity index (χ3v) is 5.20. The van der Waals surface area contributed by atoms with Crippen LogP contribution in [0.3, 0.4) is 0 Å². The van der Waals surface area contributed by atoms with E-state index in [0.29, 0.717) is 18.2 Å². The van der Waals surface area contributed by atoms with Gasteiger partial charge in [-0.3, -0.25) is 14.9 Å². The van der Waals surface area contributed by atoms with Crippen LogP contribution >= 0.6 is 0 Å². The molecule has 0 saturated carbocycles. The normalized spacial score (nSPS) is 14.7. The molecule has 1 atom stereocenters. The van der Waals surface area contributed by atoms with E-state index in [2.05, 4.69) is 20.5 Å². The quantitative estimate of drug-likeness (QED) is 0.528. The Morgan fingerprint density at radius 1 is 1.09 bits per heavy atom. The van der Waals surface area contributed by atoms with E-state index >= 15 is 0 Å². The molecule has 0 bridgehead atoms. The van der Waals surface area contributed by atoms with Crippen molar-refractivity contribution < 1.29 is 9.53 Å². The lowest BCUT2D eigenvalue weighted by Gasteiger charge is -2.14. The van der Waals surface area contributed by atoms with Crippen molar-refractivity contribution in [2.45, 2.75) is 19.6 Å². The van der Waals surface area contributed by atoms with E-state index < -0.39 is 12.3 Å². The minimum Gasteiger partial charge on any atom is -0.448 e. The van der Waals surface area contributed by atoms with E-state index in [1.807, 2.05) is 76.9 Å². The summed E-state index contributed by atoms with van der Waals surface area (Å²) in [6.07, 6.45) is 3.82. The number of carbonyl (C=O) groups is 1. The molecule has 3 heterocycles. The van der Waals surface area contributed by atoms with Crippen molar-refractivity contribution in [1.29, 1.82) is 0 Å². The van der Waals surface area contributed by atoms with Gasteiger partial charge in [0.25, 0.3) is 0 Å². The molecule has 0 saturated heterocycles. The number of nitrogens with zero attached hydrogens (tertiary/aromatic N) is 6. The number of rotatable bonds is 5. The fourth-order valence-electron chi connectivity index (χ4n) is 3.72. The van der Waals surface area contributed by atoms with Gasteiger partial charge >= 0.3 is 6.09 Å². The molecule has 0 radical (unpaired) electrons. The lowest BCUT2D eigenvalue weighted by molar-refractivity contribution is 0.138. The number of aliphatic imine (C=N–C) groups is 1. The summed E-state index contributed by atoms with van der Waals surface area (Å²) in [5, 5.41) is 11.4. The topological polar surface area (TPSA) is 99.2 Å². The van der Waals surface area contributed by atoms with Gasteiger partial charge in [0.1, 0.15) is 12.4 Å². The first kappa shape index (κ1) is 19.7. The molecular formula is C23H21N7O2. The third kappa shape index (κ3) is 3.76. The summed E-state index contributed by atoms with van der Waals surface area (Å²) in [6, 6.07) is 17.8. The number of para-hydroxylation sites is 1. The van der Waals surface area contributed by atoms with Crippen LogP contribution in [-0.2, 0) is 11.3 Å². The molecule has 5 rings (SSSR count). The van der Waals surface area contributed by atoms with Crippen LogP contribution in [0.2, 0.25) is 0 Å². The predicted octanol–water partition coefficient (Wildman–Crippen LogP) is 3.05. The smallest absolute Gasteiger partial charge is 0.409 e. The Bertz CT molecular complexity index is 1260. The maximum Gasteiger partial charge on any atom is 0.409 e. The number of amides is 1. The van der Waals surface area contributed by atoms with Gasteiger partial charge in [-0.05, 0) is 13.0 Å². The van der Waals surface area contributed by atoms with Gasteiger partial charge in [0.2, 0.25) is 0 Å². The molecule has 1 aliphatic heterocycles. The van der Waals surface area contributed by atoms with E-state index in [-0.39, 0.29) is 6.61 Å². The highest BCUT2D eigenvalue weighted by atomic mass is 16.5. The molecule has 0 spiro atoms. The van der Waals surface area contributed by atoms with Crippen LogP contribution in [0.4, 0.5) is 4.79 Å². The number of nitrogens with one attached hydrogen (secondary N) is 1. The molecule has 2 aromatic carbocycles. The first-order chi connectivity index (χ1) is 15.7. The zero-order chi connectivity index (χ0) is 21.9. The van der Waals surface area contributed by atoms with Crippen molar-refractivity contribution in [1.82, 2.24) is 29.6 Å². The van der Waals surface area contributed by atoms with E-state index in [1.54, 1.807) is 12.5 Å². The third-order valence-electron chi connectivity index (χ3n) is 5.20. The number of ether oxygens (including phenoxy) is 1. The van der Waals surface area contributed by atoms with Gasteiger partial charge in [-0.1, -0.05) is 48.5 Å². The van der Waals surface area contributed by atoms with Gasteiger partial charge in [-0.2, -0.15) is 0 Å². The van der Waals surface area contributed by atoms with Crippen LogP contribution in [0.15, 0.2) is 78.3 Å². The Labute approximate surface area is 184 Å². The van der Waals surface area contributed by atoms with Crippen molar-refractivity contribution >= 4 is 11.8 Å². The Morgan fingerprint density at radius 2 is 1.91 bits per heavy atom. The Hall–Kier alpha value is -4.27. The van der Waals surface area contributed by atoms with Crippen molar-refractivity contribution in [3.63, 3.8) is 0 Å². The van der Waals surface area contributed by atoms with Crippen molar-refractivity contribution in [3.8, 4) is 5.69 Å². The van der Waals surface area contributed by atoms with Crippen molar-refractivity contribution in [2.75, 3.05) is 6.61 Å². The Morgan fingerprint density at radius 3 is 2.72 bits per heavy atom. The van der Waals surface area contributed by atoms with Crippen LogP contribution in [0.1, 0.15) is 28.9 Å². The van der Waals surface area contributed by atoms with Crippen LogP contribution in [0.25, 0.3) is 5.69 Å². The zero-order valence-electron chi connectivity index (χ0n) is 17.4. The largest absolute Gasteiger partial charge is 0.448 e. The van der Waals surface area contributed by atoms with Gasteiger partial charge in [-0.15, -0.1) is 10.2 Å². The van der Waals surface area contributed by atoms with E-state index in [0.717, 1.165) is 22.5 Å². The SMILES string of the molecule is Cc1nnc2n1-c1ccccc1C(c1ccccc1)=NC2NC(=O)OCCn1ccnc1. The summed E-state index contributed by atoms with van der Waals surface area (Å²) in [6.45, 7) is 2.59. The fourth-order valence-corrected chi connectivity index (χ4v) is 3.72. The molecule has 0 fully saturated rings. The van der Waals surface area contributed by atoms with Gasteiger partial charge in [-0.25, -0.2) is 9.78 Å². The summed E-state index contributed by atoms with van der Waals surface area (Å²) in [5.74, 6) is 1.23. The number of hydrogen-bond acceptors (Lipinski definition) is 6. The highest BCUT2D eigenvalue weighted by Crippen LogP contribution is 2.29. The fraction of sp³-hybridized carbons (Fsp3) is 0.174. The molecule has 1 amide bonds. The second kappa shape index (κ2) is 8.46. The number of aromatic nitrogens is 5. The second-order valence-electron chi connectivity index (χ2n) is 7.29. The summed E-state index contributed by atoms with van der Waals surface area (Å²) in [7, 11) is 0. The minimum atomic E-state index is -0.764. The second-order valence-corrected chi connectivity index (χ2v) is 7.29. The monoisotopic (exact) mass is 427 g/mol. The zero-order valence-corrected chi connectivity index (χ0v) is 17.4. The predicted molar refractivity (Wildman–Crippen MR) is 118 cm³/mol. The van der Waals surface area contributed by atoms with E-state index in [1.165, 1.54) is 0 Å². The molecule has 32 heavy (non-hydrogen) atoms. The number of hydrogen-bond donors (Lipinski definition) is 1. The number of carbonyl (C=O) groups excluding carboxylic acids is 1. The van der Waals surface area contributed by atoms with Crippen LogP contribution in [-0.4, -0.2) is 42.7 Å². The molecule has 1 unspecified atom stereocenters. The van der Waals surface area contributed by atoms with Crippen molar-refractivity contribution in [2.24, 2.45) is 4.99 Å².